The number of pyridine rings is 1. The highest BCUT2D eigenvalue weighted by Crippen LogP contribution is 2.30. The van der Waals surface area contributed by atoms with Gasteiger partial charge in [-0.3, -0.25) is 4.79 Å². The highest BCUT2D eigenvalue weighted by molar-refractivity contribution is 5.96. The minimum atomic E-state index is -0.0811. The molecule has 138 valence electrons. The Balaban J connectivity index is 1.70. The van der Waals surface area contributed by atoms with Crippen molar-refractivity contribution in [2.45, 2.75) is 19.4 Å². The summed E-state index contributed by atoms with van der Waals surface area (Å²) in [6.07, 6.45) is 0.858. The van der Waals surface area contributed by atoms with Crippen LogP contribution in [0.3, 0.4) is 0 Å². The summed E-state index contributed by atoms with van der Waals surface area (Å²) in [5.41, 5.74) is 4.29. The standard InChI is InChI=1S/C22H22N2O3/c1-14-11-19(24-21-18(14)7-4-8-20(21)26-2)15-5-3-6-16(12-15)22(25)23-17-9-10-27-13-17/h3-8,11-12,17H,9-10,13H2,1-2H3,(H,23,25). The number of para-hydroxylation sites is 1. The summed E-state index contributed by atoms with van der Waals surface area (Å²) in [4.78, 5) is 17.4. The number of rotatable bonds is 4. The van der Waals surface area contributed by atoms with Gasteiger partial charge in [-0.1, -0.05) is 24.3 Å². The molecule has 0 aliphatic carbocycles. The van der Waals surface area contributed by atoms with Gasteiger partial charge in [0.15, 0.2) is 0 Å². The van der Waals surface area contributed by atoms with E-state index in [1.807, 2.05) is 48.5 Å². The van der Waals surface area contributed by atoms with Crippen LogP contribution in [0.2, 0.25) is 0 Å². The first-order valence-corrected chi connectivity index (χ1v) is 9.09. The van der Waals surface area contributed by atoms with E-state index in [2.05, 4.69) is 12.2 Å². The first-order valence-electron chi connectivity index (χ1n) is 9.09. The van der Waals surface area contributed by atoms with Gasteiger partial charge in [0.1, 0.15) is 11.3 Å². The molecule has 1 aromatic heterocycles. The molecule has 1 amide bonds. The highest BCUT2D eigenvalue weighted by Gasteiger charge is 2.19. The van der Waals surface area contributed by atoms with Crippen LogP contribution in [-0.4, -0.2) is 37.3 Å². The summed E-state index contributed by atoms with van der Waals surface area (Å²) < 4.78 is 10.8. The highest BCUT2D eigenvalue weighted by atomic mass is 16.5. The first kappa shape index (κ1) is 17.5. The van der Waals surface area contributed by atoms with Crippen LogP contribution < -0.4 is 10.1 Å². The molecule has 1 aliphatic rings. The molecule has 2 aromatic carbocycles. The first-order chi connectivity index (χ1) is 13.2. The number of fused-ring (bicyclic) bond motifs is 1. The SMILES string of the molecule is COc1cccc2c(C)cc(-c3cccc(C(=O)NC4CCOC4)c3)nc12. The van der Waals surface area contributed by atoms with Gasteiger partial charge in [-0.25, -0.2) is 4.98 Å². The Morgan fingerprint density at radius 1 is 1.22 bits per heavy atom. The third kappa shape index (κ3) is 3.51. The molecule has 0 spiro atoms. The second-order valence-electron chi connectivity index (χ2n) is 6.80. The maximum absolute atomic E-state index is 12.6. The molecule has 1 fully saturated rings. The normalized spacial score (nSPS) is 16.4. The Kier molecular flexibility index (Phi) is 4.77. The number of methoxy groups -OCH3 is 1. The summed E-state index contributed by atoms with van der Waals surface area (Å²) >= 11 is 0. The lowest BCUT2D eigenvalue weighted by atomic mass is 10.0. The fourth-order valence-corrected chi connectivity index (χ4v) is 3.44. The van der Waals surface area contributed by atoms with E-state index in [0.29, 0.717) is 18.8 Å². The topological polar surface area (TPSA) is 60.5 Å². The molecular formula is C22H22N2O3. The molecule has 4 rings (SSSR count). The van der Waals surface area contributed by atoms with Crippen molar-refractivity contribution in [3.8, 4) is 17.0 Å². The predicted molar refractivity (Wildman–Crippen MR) is 105 cm³/mol. The van der Waals surface area contributed by atoms with Crippen molar-refractivity contribution in [3.63, 3.8) is 0 Å². The second kappa shape index (κ2) is 7.37. The number of aryl methyl sites for hydroxylation is 1. The van der Waals surface area contributed by atoms with Crippen LogP contribution in [0.4, 0.5) is 0 Å². The van der Waals surface area contributed by atoms with Crippen LogP contribution in [0.15, 0.2) is 48.5 Å². The van der Waals surface area contributed by atoms with Crippen LogP contribution >= 0.6 is 0 Å². The van der Waals surface area contributed by atoms with Crippen molar-refractivity contribution in [3.05, 3.63) is 59.7 Å². The maximum atomic E-state index is 12.6. The average molecular weight is 362 g/mol. The van der Waals surface area contributed by atoms with Crippen LogP contribution in [0.25, 0.3) is 22.2 Å². The molecule has 1 atom stereocenters. The van der Waals surface area contributed by atoms with Gasteiger partial charge in [-0.15, -0.1) is 0 Å². The molecule has 1 saturated heterocycles. The van der Waals surface area contributed by atoms with Crippen LogP contribution in [0.1, 0.15) is 22.3 Å². The quantitative estimate of drug-likeness (QED) is 0.768. The molecule has 27 heavy (non-hydrogen) atoms. The lowest BCUT2D eigenvalue weighted by Crippen LogP contribution is -2.34. The molecule has 1 N–H and O–H groups in total. The smallest absolute Gasteiger partial charge is 0.251 e. The molecule has 0 saturated carbocycles. The van der Waals surface area contributed by atoms with E-state index in [-0.39, 0.29) is 11.9 Å². The number of benzene rings is 2. The van der Waals surface area contributed by atoms with Gasteiger partial charge in [0.2, 0.25) is 0 Å². The Labute approximate surface area is 158 Å². The fourth-order valence-electron chi connectivity index (χ4n) is 3.44. The molecule has 0 bridgehead atoms. The number of hydrogen-bond acceptors (Lipinski definition) is 4. The van der Waals surface area contributed by atoms with E-state index in [1.165, 1.54) is 0 Å². The molecule has 0 radical (unpaired) electrons. The molecule has 2 heterocycles. The van der Waals surface area contributed by atoms with Crippen molar-refractivity contribution in [1.29, 1.82) is 0 Å². The summed E-state index contributed by atoms with van der Waals surface area (Å²) in [6.45, 7) is 3.34. The van der Waals surface area contributed by atoms with Crippen molar-refractivity contribution in [2.75, 3.05) is 20.3 Å². The number of hydrogen-bond donors (Lipinski definition) is 1. The molecule has 5 nitrogen and oxygen atoms in total. The molecule has 1 unspecified atom stereocenters. The Morgan fingerprint density at radius 2 is 2.07 bits per heavy atom. The van der Waals surface area contributed by atoms with E-state index >= 15 is 0 Å². The number of nitrogens with one attached hydrogen (secondary N) is 1. The van der Waals surface area contributed by atoms with E-state index in [1.54, 1.807) is 7.11 Å². The van der Waals surface area contributed by atoms with Gasteiger partial charge in [0.05, 0.1) is 25.5 Å². The Bertz CT molecular complexity index is 994. The van der Waals surface area contributed by atoms with Crippen molar-refractivity contribution >= 4 is 16.8 Å². The Hall–Kier alpha value is -2.92. The minimum absolute atomic E-state index is 0.0811. The number of carbonyl (C=O) groups excluding carboxylic acids is 1. The van der Waals surface area contributed by atoms with E-state index in [4.69, 9.17) is 14.5 Å². The third-order valence-corrected chi connectivity index (χ3v) is 4.91. The number of aromatic nitrogens is 1. The average Bonchev–Trinajstić information content (AvgIpc) is 3.20. The maximum Gasteiger partial charge on any atom is 0.251 e. The van der Waals surface area contributed by atoms with E-state index in [0.717, 1.165) is 39.9 Å². The fraction of sp³-hybridized carbons (Fsp3) is 0.273. The third-order valence-electron chi connectivity index (χ3n) is 4.91. The zero-order valence-corrected chi connectivity index (χ0v) is 15.5. The summed E-state index contributed by atoms with van der Waals surface area (Å²) in [5.74, 6) is 0.662. The van der Waals surface area contributed by atoms with Gasteiger partial charge in [0.25, 0.3) is 5.91 Å². The zero-order valence-electron chi connectivity index (χ0n) is 15.5. The van der Waals surface area contributed by atoms with Gasteiger partial charge >= 0.3 is 0 Å². The number of amides is 1. The van der Waals surface area contributed by atoms with Crippen LogP contribution in [0, 0.1) is 6.92 Å². The van der Waals surface area contributed by atoms with Gasteiger partial charge in [-0.05, 0) is 43.2 Å². The monoisotopic (exact) mass is 362 g/mol. The molecule has 5 heteroatoms. The summed E-state index contributed by atoms with van der Waals surface area (Å²) in [7, 11) is 1.65. The number of nitrogens with zero attached hydrogens (tertiary/aromatic N) is 1. The van der Waals surface area contributed by atoms with Crippen LogP contribution in [0.5, 0.6) is 5.75 Å². The summed E-state index contributed by atoms with van der Waals surface area (Å²) in [5, 5.41) is 4.09. The molecule has 1 aliphatic heterocycles. The van der Waals surface area contributed by atoms with Crippen molar-refractivity contribution < 1.29 is 14.3 Å². The van der Waals surface area contributed by atoms with Crippen molar-refractivity contribution in [2.24, 2.45) is 0 Å². The largest absolute Gasteiger partial charge is 0.494 e. The zero-order chi connectivity index (χ0) is 18.8. The van der Waals surface area contributed by atoms with E-state index < -0.39 is 0 Å². The molecule has 3 aromatic rings. The van der Waals surface area contributed by atoms with E-state index in [9.17, 15) is 4.79 Å². The predicted octanol–water partition coefficient (Wildman–Crippen LogP) is 3.74. The second-order valence-corrected chi connectivity index (χ2v) is 6.80. The lowest BCUT2D eigenvalue weighted by molar-refractivity contribution is 0.0930. The van der Waals surface area contributed by atoms with Gasteiger partial charge in [0, 0.05) is 23.1 Å². The lowest BCUT2D eigenvalue weighted by Gasteiger charge is -2.12. The number of carbonyl (C=O) groups is 1. The van der Waals surface area contributed by atoms with Crippen LogP contribution in [-0.2, 0) is 4.74 Å². The van der Waals surface area contributed by atoms with Gasteiger partial charge < -0.3 is 14.8 Å². The van der Waals surface area contributed by atoms with Gasteiger partial charge in [-0.2, -0.15) is 0 Å². The minimum Gasteiger partial charge on any atom is -0.494 e. The van der Waals surface area contributed by atoms with Crippen molar-refractivity contribution in [1.82, 2.24) is 10.3 Å². The number of ether oxygens (including phenoxy) is 2. The Morgan fingerprint density at radius 3 is 2.85 bits per heavy atom. The molecular weight excluding hydrogens is 340 g/mol. The summed E-state index contributed by atoms with van der Waals surface area (Å²) in [6, 6.07) is 15.6.